The van der Waals surface area contributed by atoms with Crippen molar-refractivity contribution in [2.75, 3.05) is 0 Å². The van der Waals surface area contributed by atoms with Crippen LogP contribution in [-0.2, 0) is 17.1 Å². The van der Waals surface area contributed by atoms with E-state index < -0.39 is 0 Å². The summed E-state index contributed by atoms with van der Waals surface area (Å²) in [6.45, 7) is 2.73. The fraction of sp³-hybridized carbons (Fsp3) is 0.722. The van der Waals surface area contributed by atoms with Crippen molar-refractivity contribution in [1.82, 2.24) is 0 Å². The van der Waals surface area contributed by atoms with E-state index in [1.807, 2.05) is 41.2 Å². The van der Waals surface area contributed by atoms with Crippen molar-refractivity contribution >= 4 is 21.1 Å². The van der Waals surface area contributed by atoms with Gasteiger partial charge in [-0.3, -0.25) is 0 Å². The summed E-state index contributed by atoms with van der Waals surface area (Å²) in [5, 5.41) is 1.93. The Balaban J connectivity index is 0.000000530. The first-order valence-corrected chi connectivity index (χ1v) is 19.8. The summed E-state index contributed by atoms with van der Waals surface area (Å²) in [6.07, 6.45) is 30.6. The molecule has 0 unspecified atom stereocenters. The van der Waals surface area contributed by atoms with E-state index in [1.165, 1.54) is 77.0 Å². The van der Waals surface area contributed by atoms with Gasteiger partial charge in [-0.25, -0.2) is 12.1 Å². The van der Waals surface area contributed by atoms with E-state index in [2.05, 4.69) is 25.1 Å². The third-order valence-corrected chi connectivity index (χ3v) is 17.9. The Morgan fingerprint density at radius 2 is 0.949 bits per heavy atom. The van der Waals surface area contributed by atoms with Crippen LogP contribution in [0.1, 0.15) is 147 Å². The van der Waals surface area contributed by atoms with Gasteiger partial charge in [-0.05, 0) is 79.7 Å². The fourth-order valence-electron chi connectivity index (χ4n) is 8.59. The quantitative estimate of drug-likeness (QED) is 0.167. The minimum Gasteiger partial charge on any atom is -0.748 e. The molecule has 4 aliphatic rings. The van der Waals surface area contributed by atoms with Crippen LogP contribution in [-0.4, -0.2) is 22.6 Å². The van der Waals surface area contributed by atoms with Crippen molar-refractivity contribution in [3.8, 4) is 0 Å². The second kappa shape index (κ2) is 17.3. The van der Waals surface area contributed by atoms with Crippen LogP contribution in [0, 0.1) is 0 Å². The largest absolute Gasteiger partial charge is 0.748 e. The Morgan fingerprint density at radius 1 is 0.590 bits per heavy atom. The van der Waals surface area contributed by atoms with Crippen LogP contribution in [0.2, 0.25) is 0 Å². The molecular formula is C36H56FeP2-6. The normalized spacial score (nSPS) is 23.3. The second-order valence-corrected chi connectivity index (χ2v) is 18.9. The Bertz CT molecular complexity index is 811. The van der Waals surface area contributed by atoms with Gasteiger partial charge in [0.25, 0.3) is 0 Å². The van der Waals surface area contributed by atoms with E-state index in [9.17, 15) is 0 Å². The molecular weight excluding hydrogens is 550 g/mol. The third kappa shape index (κ3) is 8.79. The summed E-state index contributed by atoms with van der Waals surface area (Å²) in [5.41, 5.74) is 6.96. The fourth-order valence-corrected chi connectivity index (χ4v) is 17.1. The minimum atomic E-state index is 0. The molecule has 0 nitrogen and oxygen atoms in total. The van der Waals surface area contributed by atoms with Gasteiger partial charge >= 0.3 is 0 Å². The van der Waals surface area contributed by atoms with Crippen molar-refractivity contribution < 1.29 is 17.1 Å². The molecule has 4 fully saturated rings. The first-order valence-electron chi connectivity index (χ1n) is 16.8. The molecule has 0 aromatic heterocycles. The van der Waals surface area contributed by atoms with Crippen molar-refractivity contribution in [3.05, 3.63) is 54.1 Å². The molecule has 0 N–H and O–H groups in total. The zero-order valence-corrected chi connectivity index (χ0v) is 27.8. The molecule has 0 spiro atoms. The Morgan fingerprint density at radius 3 is 1.33 bits per heavy atom. The maximum atomic E-state index is 2.73. The molecule has 6 rings (SSSR count). The molecule has 4 aliphatic carbocycles. The van der Waals surface area contributed by atoms with Gasteiger partial charge in [0, 0.05) is 17.1 Å². The summed E-state index contributed by atoms with van der Waals surface area (Å²) in [7, 11) is 0.168. The van der Waals surface area contributed by atoms with Crippen molar-refractivity contribution in [3.63, 3.8) is 0 Å². The van der Waals surface area contributed by atoms with Crippen molar-refractivity contribution in [1.29, 1.82) is 0 Å². The number of hydrogen-bond donors (Lipinski definition) is 0. The van der Waals surface area contributed by atoms with Crippen LogP contribution in [0.4, 0.5) is 0 Å². The van der Waals surface area contributed by atoms with Gasteiger partial charge in [-0.2, -0.15) is 6.07 Å². The number of rotatable bonds is 7. The molecule has 224 valence electrons. The van der Waals surface area contributed by atoms with Crippen LogP contribution in [0.3, 0.4) is 0 Å². The molecule has 0 heterocycles. The van der Waals surface area contributed by atoms with Gasteiger partial charge < -0.3 is 30.3 Å². The first kappa shape index (κ1) is 32.0. The zero-order valence-electron chi connectivity index (χ0n) is 24.9. The maximum absolute atomic E-state index is 2.73. The summed E-state index contributed by atoms with van der Waals surface area (Å²) in [5.74, 6) is 0. The summed E-state index contributed by atoms with van der Waals surface area (Å²) >= 11 is 0. The molecule has 2 aromatic rings. The predicted molar refractivity (Wildman–Crippen MR) is 173 cm³/mol. The minimum absolute atomic E-state index is 0. The van der Waals surface area contributed by atoms with E-state index in [1.54, 1.807) is 51.4 Å². The first-order chi connectivity index (χ1) is 18.8. The van der Waals surface area contributed by atoms with E-state index in [0.29, 0.717) is 0 Å². The van der Waals surface area contributed by atoms with Gasteiger partial charge in [0.05, 0.1) is 0 Å². The smallest absolute Gasteiger partial charge is 0 e. The van der Waals surface area contributed by atoms with Crippen molar-refractivity contribution in [2.24, 2.45) is 0 Å². The molecule has 0 aliphatic heterocycles. The monoisotopic (exact) mass is 606 g/mol. The van der Waals surface area contributed by atoms with Gasteiger partial charge in [0.1, 0.15) is 0 Å². The molecule has 3 heteroatoms. The van der Waals surface area contributed by atoms with Crippen LogP contribution < -0.4 is 5.30 Å². The van der Waals surface area contributed by atoms with Crippen LogP contribution in [0.25, 0.3) is 0 Å². The molecule has 1 atom stereocenters. The molecule has 39 heavy (non-hydrogen) atoms. The molecule has 0 saturated heterocycles. The van der Waals surface area contributed by atoms with Crippen LogP contribution in [0.15, 0.2) is 48.5 Å². The van der Waals surface area contributed by atoms with E-state index in [0.717, 1.165) is 28.3 Å². The molecule has 0 bridgehead atoms. The van der Waals surface area contributed by atoms with Crippen LogP contribution >= 0.6 is 15.8 Å². The summed E-state index contributed by atoms with van der Waals surface area (Å²) < 4.78 is 0. The van der Waals surface area contributed by atoms with Gasteiger partial charge in [0.15, 0.2) is 0 Å². The maximum Gasteiger partial charge on any atom is 0 e. The van der Waals surface area contributed by atoms with E-state index in [-0.39, 0.29) is 32.9 Å². The Labute approximate surface area is 255 Å². The van der Waals surface area contributed by atoms with Crippen molar-refractivity contribution in [2.45, 2.75) is 164 Å². The molecule has 0 amide bonds. The Kier molecular flexibility index (Phi) is 14.2. The summed E-state index contributed by atoms with van der Waals surface area (Å²) in [4.78, 5) is 0. The number of hydrogen-bond acceptors (Lipinski definition) is 0. The summed E-state index contributed by atoms with van der Waals surface area (Å²) in [6, 6.07) is 17.8. The standard InChI is InChI=1S/C31H51P2.C5H5.Fe/c1-25(32(26-15-6-2-7-16-26)27-17-8-3-9-18-27)30-23-14-24-31(30)33(28-19-10-4-11-20-28)29-21-12-5-13-22-29;1-2-4-5-3-1;/h14,23-29H,2-13,15-22H2,1H3;1-5H;/q-1;-5;/t25-;;/m1../s1. The van der Waals surface area contributed by atoms with Gasteiger partial charge in [-0.15, -0.1) is 18.8 Å². The predicted octanol–water partition coefficient (Wildman–Crippen LogP) is 11.8. The second-order valence-electron chi connectivity index (χ2n) is 13.0. The van der Waals surface area contributed by atoms with Crippen LogP contribution in [0.5, 0.6) is 0 Å². The topological polar surface area (TPSA) is 0 Å². The SMILES string of the molecule is C[C@H]([c-]1cccc1P(C1CCCCC1)C1CCCCC1)P(C1CCCCC1)C1CCCCC1.[Fe].[cH-]1[cH-][cH-][cH-][cH-]1. The average molecular weight is 607 g/mol. The molecule has 0 radical (unpaired) electrons. The third-order valence-electron chi connectivity index (χ3n) is 10.5. The molecule has 2 aromatic carbocycles. The van der Waals surface area contributed by atoms with E-state index >= 15 is 0 Å². The zero-order chi connectivity index (χ0) is 26.0. The average Bonchev–Trinajstić information content (AvgIpc) is 3.72. The Hall–Kier alpha value is 0.0795. The van der Waals surface area contributed by atoms with Gasteiger partial charge in [-0.1, -0.05) is 91.9 Å². The van der Waals surface area contributed by atoms with E-state index in [4.69, 9.17) is 0 Å². The molecule has 4 saturated carbocycles. The van der Waals surface area contributed by atoms with Gasteiger partial charge in [0.2, 0.25) is 0 Å².